The minimum absolute atomic E-state index is 0.803. The maximum Gasteiger partial charge on any atom is 0.182 e. The summed E-state index contributed by atoms with van der Waals surface area (Å²) in [5.74, 6) is 1.65. The molecule has 0 saturated heterocycles. The Kier molecular flexibility index (Phi) is 4.14. The molecular formula is C16H17BrN4S. The number of aryl methyl sites for hydroxylation is 4. The van der Waals surface area contributed by atoms with Crippen molar-refractivity contribution in [3.63, 3.8) is 0 Å². The van der Waals surface area contributed by atoms with Gasteiger partial charge in [0, 0.05) is 15.8 Å². The lowest BCUT2D eigenvalue weighted by Crippen LogP contribution is -2.02. The second kappa shape index (κ2) is 5.93. The Hall–Kier alpha value is -1.53. The molecule has 114 valence electrons. The van der Waals surface area contributed by atoms with Gasteiger partial charge in [-0.2, -0.15) is 5.10 Å². The van der Waals surface area contributed by atoms with Crippen molar-refractivity contribution in [2.45, 2.75) is 34.1 Å². The fraction of sp³-hybridized carbons (Fsp3) is 0.312. The van der Waals surface area contributed by atoms with Crippen LogP contribution < -0.4 is 0 Å². The van der Waals surface area contributed by atoms with Gasteiger partial charge in [-0.1, -0.05) is 22.9 Å². The minimum atomic E-state index is 0.803. The van der Waals surface area contributed by atoms with Crippen molar-refractivity contribution in [1.82, 2.24) is 19.7 Å². The van der Waals surface area contributed by atoms with Crippen LogP contribution >= 0.6 is 27.3 Å². The third-order valence-corrected chi connectivity index (χ3v) is 5.60. The average Bonchev–Trinajstić information content (AvgIpc) is 3.09. The van der Waals surface area contributed by atoms with Gasteiger partial charge >= 0.3 is 0 Å². The third-order valence-electron chi connectivity index (χ3n) is 3.59. The summed E-state index contributed by atoms with van der Waals surface area (Å²) in [5, 5.41) is 4.66. The molecule has 0 aliphatic rings. The van der Waals surface area contributed by atoms with Gasteiger partial charge in [0.1, 0.15) is 5.69 Å². The number of hydrogen-bond donors (Lipinski definition) is 0. The van der Waals surface area contributed by atoms with E-state index in [4.69, 9.17) is 0 Å². The number of nitrogens with zero attached hydrogens (tertiary/aromatic N) is 4. The van der Waals surface area contributed by atoms with Gasteiger partial charge in [-0.15, -0.1) is 11.3 Å². The van der Waals surface area contributed by atoms with Crippen molar-refractivity contribution >= 4 is 27.3 Å². The summed E-state index contributed by atoms with van der Waals surface area (Å²) in [6.07, 6.45) is 0.803. The summed E-state index contributed by atoms with van der Waals surface area (Å²) >= 11 is 5.25. The van der Waals surface area contributed by atoms with Gasteiger partial charge in [-0.3, -0.25) is 0 Å². The van der Waals surface area contributed by atoms with Crippen LogP contribution in [0.1, 0.15) is 28.8 Å². The van der Waals surface area contributed by atoms with E-state index in [1.165, 1.54) is 11.1 Å². The largest absolute Gasteiger partial charge is 0.241 e. The van der Waals surface area contributed by atoms with Crippen LogP contribution in [0, 0.1) is 20.8 Å². The summed E-state index contributed by atoms with van der Waals surface area (Å²) in [6, 6.07) is 4.24. The maximum absolute atomic E-state index is 4.67. The molecule has 22 heavy (non-hydrogen) atoms. The van der Waals surface area contributed by atoms with E-state index in [2.05, 4.69) is 70.8 Å². The van der Waals surface area contributed by atoms with Gasteiger partial charge in [0.2, 0.25) is 0 Å². The molecule has 3 aromatic rings. The zero-order chi connectivity index (χ0) is 15.9. The highest BCUT2D eigenvalue weighted by atomic mass is 79.9. The Morgan fingerprint density at radius 1 is 1.18 bits per heavy atom. The first-order chi connectivity index (χ1) is 10.5. The molecule has 0 amide bonds. The molecule has 6 heteroatoms. The molecule has 0 saturated carbocycles. The fourth-order valence-electron chi connectivity index (χ4n) is 2.40. The number of thiazole rings is 1. The zero-order valence-corrected chi connectivity index (χ0v) is 15.4. The molecule has 1 aromatic carbocycles. The highest BCUT2D eigenvalue weighted by Gasteiger charge is 2.17. The molecular weight excluding hydrogens is 360 g/mol. The second-order valence-electron chi connectivity index (χ2n) is 5.27. The first-order valence-corrected chi connectivity index (χ1v) is 8.82. The van der Waals surface area contributed by atoms with Crippen LogP contribution in [0.15, 0.2) is 22.1 Å². The number of aromatic nitrogens is 4. The van der Waals surface area contributed by atoms with Crippen LogP contribution in [0.4, 0.5) is 0 Å². The molecule has 0 atom stereocenters. The van der Waals surface area contributed by atoms with E-state index in [9.17, 15) is 0 Å². The van der Waals surface area contributed by atoms with Crippen molar-refractivity contribution in [3.05, 3.63) is 43.9 Å². The number of hydrogen-bond acceptors (Lipinski definition) is 4. The standard InChI is InChI=1S/C16H17BrN4S/c1-5-13-19-16(15-11(4)22-8-18-15)21(20-13)12-6-9(2)14(17)10(3)7-12/h6-8H,5H2,1-4H3. The quantitative estimate of drug-likeness (QED) is 0.668. The van der Waals surface area contributed by atoms with Crippen LogP contribution in [0.3, 0.4) is 0 Å². The Balaban J connectivity index is 2.23. The van der Waals surface area contributed by atoms with Gasteiger partial charge in [0.15, 0.2) is 11.6 Å². The van der Waals surface area contributed by atoms with Crippen LogP contribution in [-0.2, 0) is 6.42 Å². The van der Waals surface area contributed by atoms with Crippen LogP contribution in [-0.4, -0.2) is 19.7 Å². The molecule has 3 rings (SSSR count). The average molecular weight is 377 g/mol. The predicted molar refractivity (Wildman–Crippen MR) is 93.8 cm³/mol. The lowest BCUT2D eigenvalue weighted by atomic mass is 10.1. The Labute approximate surface area is 142 Å². The molecule has 0 fully saturated rings. The van der Waals surface area contributed by atoms with Crippen LogP contribution in [0.5, 0.6) is 0 Å². The summed E-state index contributed by atoms with van der Waals surface area (Å²) in [4.78, 5) is 10.3. The molecule has 0 spiro atoms. The topological polar surface area (TPSA) is 43.6 Å². The van der Waals surface area contributed by atoms with Crippen molar-refractivity contribution in [2.75, 3.05) is 0 Å². The Bertz CT molecular complexity index is 812. The van der Waals surface area contributed by atoms with Gasteiger partial charge in [-0.25, -0.2) is 14.6 Å². The molecule has 0 aliphatic heterocycles. The van der Waals surface area contributed by atoms with Crippen LogP contribution in [0.25, 0.3) is 17.2 Å². The first kappa shape index (κ1) is 15.4. The van der Waals surface area contributed by atoms with E-state index < -0.39 is 0 Å². The van der Waals surface area contributed by atoms with Crippen LogP contribution in [0.2, 0.25) is 0 Å². The zero-order valence-electron chi connectivity index (χ0n) is 13.0. The summed E-state index contributed by atoms with van der Waals surface area (Å²) < 4.78 is 3.05. The molecule has 0 unspecified atom stereocenters. The van der Waals surface area contributed by atoms with Gasteiger partial charge in [-0.05, 0) is 44.0 Å². The number of benzene rings is 1. The maximum atomic E-state index is 4.67. The van der Waals surface area contributed by atoms with E-state index in [0.29, 0.717) is 0 Å². The van der Waals surface area contributed by atoms with E-state index in [1.54, 1.807) is 11.3 Å². The van der Waals surface area contributed by atoms with E-state index in [1.807, 2.05) is 10.2 Å². The van der Waals surface area contributed by atoms with Crippen molar-refractivity contribution < 1.29 is 0 Å². The van der Waals surface area contributed by atoms with Gasteiger partial charge in [0.05, 0.1) is 11.2 Å². The van der Waals surface area contributed by atoms with Crippen molar-refractivity contribution in [2.24, 2.45) is 0 Å². The van der Waals surface area contributed by atoms with Crippen molar-refractivity contribution in [3.8, 4) is 17.2 Å². The molecule has 0 bridgehead atoms. The highest BCUT2D eigenvalue weighted by Crippen LogP contribution is 2.29. The second-order valence-corrected chi connectivity index (χ2v) is 7.12. The predicted octanol–water partition coefficient (Wildman–Crippen LogP) is 4.64. The van der Waals surface area contributed by atoms with E-state index in [-0.39, 0.29) is 0 Å². The number of rotatable bonds is 3. The fourth-order valence-corrected chi connectivity index (χ4v) is 3.20. The van der Waals surface area contributed by atoms with E-state index >= 15 is 0 Å². The molecule has 0 aliphatic carbocycles. The molecule has 0 N–H and O–H groups in total. The number of halogens is 1. The summed E-state index contributed by atoms with van der Waals surface area (Å²) in [7, 11) is 0. The molecule has 2 aromatic heterocycles. The van der Waals surface area contributed by atoms with Gasteiger partial charge in [0.25, 0.3) is 0 Å². The molecule has 0 radical (unpaired) electrons. The smallest absolute Gasteiger partial charge is 0.182 e. The Morgan fingerprint density at radius 3 is 2.41 bits per heavy atom. The van der Waals surface area contributed by atoms with E-state index in [0.717, 1.165) is 38.8 Å². The lowest BCUT2D eigenvalue weighted by Gasteiger charge is -2.09. The molecule has 2 heterocycles. The SMILES string of the molecule is CCc1nc(-c2ncsc2C)n(-c2cc(C)c(Br)c(C)c2)n1. The minimum Gasteiger partial charge on any atom is -0.241 e. The third kappa shape index (κ3) is 2.61. The highest BCUT2D eigenvalue weighted by molar-refractivity contribution is 9.10. The summed E-state index contributed by atoms with van der Waals surface area (Å²) in [5.41, 5.74) is 6.16. The van der Waals surface area contributed by atoms with Gasteiger partial charge < -0.3 is 0 Å². The van der Waals surface area contributed by atoms with Crippen molar-refractivity contribution in [1.29, 1.82) is 0 Å². The molecule has 4 nitrogen and oxygen atoms in total. The Morgan fingerprint density at radius 2 is 1.86 bits per heavy atom. The summed E-state index contributed by atoms with van der Waals surface area (Å²) in [6.45, 7) is 8.31. The lowest BCUT2D eigenvalue weighted by molar-refractivity contribution is 0.840. The first-order valence-electron chi connectivity index (χ1n) is 7.14. The normalized spacial score (nSPS) is 11.1. The monoisotopic (exact) mass is 376 g/mol.